The van der Waals surface area contributed by atoms with Crippen LogP contribution in [0.25, 0.3) is 0 Å². The van der Waals surface area contributed by atoms with E-state index in [4.69, 9.17) is 9.47 Å². The van der Waals surface area contributed by atoms with E-state index in [1.54, 1.807) is 14.2 Å². The number of ether oxygens (including phenoxy) is 2. The van der Waals surface area contributed by atoms with Crippen molar-refractivity contribution in [1.29, 1.82) is 5.26 Å². The third-order valence-electron chi connectivity index (χ3n) is 4.44. The van der Waals surface area contributed by atoms with E-state index in [-0.39, 0.29) is 11.8 Å². The second-order valence-corrected chi connectivity index (χ2v) is 6.64. The molecule has 1 aliphatic carbocycles. The van der Waals surface area contributed by atoms with E-state index in [2.05, 4.69) is 11.4 Å². The first kappa shape index (κ1) is 18.1. The number of benzene rings is 1. The van der Waals surface area contributed by atoms with Gasteiger partial charge in [-0.2, -0.15) is 5.26 Å². The zero-order valence-corrected chi connectivity index (χ0v) is 14.8. The Morgan fingerprint density at radius 1 is 1.38 bits per heavy atom. The number of rotatable bonds is 8. The predicted molar refractivity (Wildman–Crippen MR) is 89.9 cm³/mol. The van der Waals surface area contributed by atoms with Crippen LogP contribution < -0.4 is 19.7 Å². The number of hydrogen-bond acceptors (Lipinski definition) is 4. The number of methoxy groups -OCH3 is 2. The molecule has 2 atom stereocenters. The number of carbonyl (C=O) groups is 1. The predicted octanol–water partition coefficient (Wildman–Crippen LogP) is 0.527. The van der Waals surface area contributed by atoms with Crippen molar-refractivity contribution >= 4 is 5.91 Å². The molecule has 0 heterocycles. The van der Waals surface area contributed by atoms with Crippen LogP contribution in [0.1, 0.15) is 25.3 Å². The summed E-state index contributed by atoms with van der Waals surface area (Å²) in [5.41, 5.74) is 0.323. The Morgan fingerprint density at radius 2 is 2.04 bits per heavy atom. The molecule has 1 aromatic rings. The lowest BCUT2D eigenvalue weighted by molar-refractivity contribution is -0.885. The van der Waals surface area contributed by atoms with E-state index in [0.29, 0.717) is 24.6 Å². The number of quaternary nitrogens is 1. The van der Waals surface area contributed by atoms with Gasteiger partial charge in [-0.15, -0.1) is 0 Å². The topological polar surface area (TPSA) is 75.8 Å². The number of likely N-dealkylation sites (N-methyl/N-ethyl adjacent to an activating group) is 1. The van der Waals surface area contributed by atoms with Crippen LogP contribution >= 0.6 is 0 Å². The Bertz CT molecular complexity index is 637. The third-order valence-corrected chi connectivity index (χ3v) is 4.44. The Morgan fingerprint density at radius 3 is 2.58 bits per heavy atom. The van der Waals surface area contributed by atoms with Gasteiger partial charge >= 0.3 is 0 Å². The third kappa shape index (κ3) is 4.39. The fraction of sp³-hybridized carbons (Fsp3) is 0.556. The lowest BCUT2D eigenvalue weighted by Gasteiger charge is -2.23. The van der Waals surface area contributed by atoms with Gasteiger partial charge in [0, 0.05) is 5.56 Å². The number of carbonyl (C=O) groups excluding carboxylic acids is 1. The van der Waals surface area contributed by atoms with E-state index >= 15 is 0 Å². The van der Waals surface area contributed by atoms with E-state index < -0.39 is 5.54 Å². The zero-order valence-electron chi connectivity index (χ0n) is 14.8. The van der Waals surface area contributed by atoms with Crippen LogP contribution in [0.2, 0.25) is 0 Å². The maximum atomic E-state index is 12.2. The second-order valence-electron chi connectivity index (χ2n) is 6.64. The molecule has 2 rings (SSSR count). The van der Waals surface area contributed by atoms with Crippen molar-refractivity contribution in [2.24, 2.45) is 5.92 Å². The van der Waals surface area contributed by atoms with Gasteiger partial charge in [0.25, 0.3) is 5.91 Å². The first-order valence-corrected chi connectivity index (χ1v) is 8.16. The number of nitrogens with one attached hydrogen (secondary N) is 2. The average molecular weight is 332 g/mol. The van der Waals surface area contributed by atoms with Gasteiger partial charge < -0.3 is 19.7 Å². The molecule has 1 saturated carbocycles. The molecule has 130 valence electrons. The SMILES string of the molecule is COc1ccc(C[NH+](C)CC(=O)N[C@@](C)(C#N)C2CC2)cc1OC. The fourth-order valence-electron chi connectivity index (χ4n) is 2.89. The van der Waals surface area contributed by atoms with Gasteiger partial charge in [-0.3, -0.25) is 4.79 Å². The minimum Gasteiger partial charge on any atom is -0.493 e. The zero-order chi connectivity index (χ0) is 17.7. The Hall–Kier alpha value is -2.26. The van der Waals surface area contributed by atoms with Crippen molar-refractivity contribution in [2.45, 2.75) is 31.8 Å². The van der Waals surface area contributed by atoms with Gasteiger partial charge in [0.1, 0.15) is 12.1 Å². The number of nitriles is 1. The van der Waals surface area contributed by atoms with E-state index in [1.807, 2.05) is 32.2 Å². The van der Waals surface area contributed by atoms with E-state index in [0.717, 1.165) is 23.3 Å². The first-order chi connectivity index (χ1) is 11.4. The Balaban J connectivity index is 1.92. The molecule has 0 aliphatic heterocycles. The van der Waals surface area contributed by atoms with Crippen molar-refractivity contribution in [2.75, 3.05) is 27.8 Å². The lowest BCUT2D eigenvalue weighted by Crippen LogP contribution is -3.09. The van der Waals surface area contributed by atoms with Gasteiger partial charge in [0.15, 0.2) is 18.0 Å². The minimum absolute atomic E-state index is 0.0936. The average Bonchev–Trinajstić information content (AvgIpc) is 3.39. The molecule has 6 nitrogen and oxygen atoms in total. The van der Waals surface area contributed by atoms with Crippen LogP contribution in [0.15, 0.2) is 18.2 Å². The van der Waals surface area contributed by atoms with Gasteiger partial charge in [0.05, 0.1) is 27.3 Å². The molecule has 1 aromatic carbocycles. The summed E-state index contributed by atoms with van der Waals surface area (Å²) < 4.78 is 10.5. The van der Waals surface area contributed by atoms with Crippen LogP contribution in [0.3, 0.4) is 0 Å². The smallest absolute Gasteiger partial charge is 0.276 e. The van der Waals surface area contributed by atoms with Crippen LogP contribution in [0.4, 0.5) is 0 Å². The van der Waals surface area contributed by atoms with Crippen molar-refractivity contribution in [3.63, 3.8) is 0 Å². The maximum Gasteiger partial charge on any atom is 0.276 e. The standard InChI is InChI=1S/C18H25N3O3/c1-18(12-19,14-6-7-14)20-17(22)11-21(2)10-13-5-8-15(23-3)16(9-13)24-4/h5,8-9,14H,6-7,10-11H2,1-4H3,(H,20,22)/p+1/t18-/m0/s1. The van der Waals surface area contributed by atoms with Gasteiger partial charge in [-0.1, -0.05) is 0 Å². The van der Waals surface area contributed by atoms with Crippen LogP contribution in [0.5, 0.6) is 11.5 Å². The van der Waals surface area contributed by atoms with Crippen molar-refractivity contribution in [3.8, 4) is 17.6 Å². The minimum atomic E-state index is -0.735. The van der Waals surface area contributed by atoms with E-state index in [1.165, 1.54) is 0 Å². The summed E-state index contributed by atoms with van der Waals surface area (Å²) in [6, 6.07) is 8.00. The van der Waals surface area contributed by atoms with Gasteiger partial charge in [0.2, 0.25) is 0 Å². The summed E-state index contributed by atoms with van der Waals surface area (Å²) in [6.07, 6.45) is 2.03. The Labute approximate surface area is 143 Å². The molecule has 0 aromatic heterocycles. The molecule has 0 spiro atoms. The molecular weight excluding hydrogens is 306 g/mol. The lowest BCUT2D eigenvalue weighted by atomic mass is 9.98. The van der Waals surface area contributed by atoms with Crippen LogP contribution in [-0.2, 0) is 11.3 Å². The van der Waals surface area contributed by atoms with E-state index in [9.17, 15) is 10.1 Å². The summed E-state index contributed by atoms with van der Waals surface area (Å²) in [5, 5.41) is 12.2. The number of amides is 1. The molecular formula is C18H26N3O3+. The molecule has 1 fully saturated rings. The summed E-state index contributed by atoms with van der Waals surface area (Å²) in [4.78, 5) is 13.3. The summed E-state index contributed by atoms with van der Waals surface area (Å²) >= 11 is 0. The van der Waals surface area contributed by atoms with Crippen molar-refractivity contribution in [3.05, 3.63) is 23.8 Å². The normalized spacial score (nSPS) is 17.3. The molecule has 1 unspecified atom stereocenters. The molecule has 24 heavy (non-hydrogen) atoms. The largest absolute Gasteiger partial charge is 0.493 e. The Kier molecular flexibility index (Phi) is 5.68. The second kappa shape index (κ2) is 7.54. The fourth-order valence-corrected chi connectivity index (χ4v) is 2.89. The monoisotopic (exact) mass is 332 g/mol. The molecule has 6 heteroatoms. The van der Waals surface area contributed by atoms with Crippen molar-refractivity contribution in [1.82, 2.24) is 5.32 Å². The van der Waals surface area contributed by atoms with Crippen LogP contribution in [0, 0.1) is 17.2 Å². The summed E-state index contributed by atoms with van der Waals surface area (Å²) in [6.45, 7) is 2.81. The highest BCUT2D eigenvalue weighted by atomic mass is 16.5. The highest BCUT2D eigenvalue weighted by Gasteiger charge is 2.43. The number of hydrogen-bond donors (Lipinski definition) is 2. The maximum absolute atomic E-state index is 12.2. The molecule has 1 aliphatic rings. The van der Waals surface area contributed by atoms with Crippen molar-refractivity contribution < 1.29 is 19.2 Å². The first-order valence-electron chi connectivity index (χ1n) is 8.16. The summed E-state index contributed by atoms with van der Waals surface area (Å²) in [7, 11) is 5.16. The molecule has 0 radical (unpaired) electrons. The number of nitrogens with zero attached hydrogens (tertiary/aromatic N) is 1. The molecule has 1 amide bonds. The van der Waals surface area contributed by atoms with Gasteiger partial charge in [-0.05, 0) is 43.9 Å². The van der Waals surface area contributed by atoms with Crippen LogP contribution in [-0.4, -0.2) is 39.3 Å². The molecule has 0 bridgehead atoms. The summed E-state index contributed by atoms with van der Waals surface area (Å²) in [5.74, 6) is 1.56. The molecule has 2 N–H and O–H groups in total. The van der Waals surface area contributed by atoms with Gasteiger partial charge in [-0.25, -0.2) is 0 Å². The highest BCUT2D eigenvalue weighted by Crippen LogP contribution is 2.39. The molecule has 0 saturated heterocycles. The quantitative estimate of drug-likeness (QED) is 0.728. The highest BCUT2D eigenvalue weighted by molar-refractivity contribution is 5.78.